The first kappa shape index (κ1) is 15.6. The van der Waals surface area contributed by atoms with E-state index in [-0.39, 0.29) is 17.3 Å². The minimum absolute atomic E-state index is 0.0204. The number of halogens is 1. The number of carbonyl (C=O) groups is 1. The Morgan fingerprint density at radius 1 is 1.43 bits per heavy atom. The Morgan fingerprint density at radius 2 is 2.10 bits per heavy atom. The summed E-state index contributed by atoms with van der Waals surface area (Å²) in [7, 11) is 1.63. The summed E-state index contributed by atoms with van der Waals surface area (Å²) in [6, 6.07) is 6.95. The van der Waals surface area contributed by atoms with Crippen molar-refractivity contribution in [2.45, 2.75) is 18.4 Å². The third-order valence-electron chi connectivity index (χ3n) is 3.16. The van der Waals surface area contributed by atoms with Gasteiger partial charge in [0.2, 0.25) is 5.91 Å². The summed E-state index contributed by atoms with van der Waals surface area (Å²) in [6.07, 6.45) is 1.58. The van der Waals surface area contributed by atoms with Crippen LogP contribution in [-0.2, 0) is 20.4 Å². The Hall–Kier alpha value is -1.79. The first-order valence-electron chi connectivity index (χ1n) is 6.26. The zero-order chi connectivity index (χ0) is 15.6. The molecule has 112 valence electrons. The SMILES string of the molecule is C=CCNC(=O)Cn1c(C)c(S(=O)(=O)Cl)c2ccccc21. The van der Waals surface area contributed by atoms with Crippen molar-refractivity contribution in [3.05, 3.63) is 42.6 Å². The van der Waals surface area contributed by atoms with Crippen molar-refractivity contribution in [1.29, 1.82) is 0 Å². The van der Waals surface area contributed by atoms with Gasteiger partial charge in [-0.05, 0) is 13.0 Å². The molecule has 0 aliphatic heterocycles. The lowest BCUT2D eigenvalue weighted by Crippen LogP contribution is -2.27. The van der Waals surface area contributed by atoms with Gasteiger partial charge < -0.3 is 9.88 Å². The van der Waals surface area contributed by atoms with Crippen LogP contribution in [-0.4, -0.2) is 25.4 Å². The van der Waals surface area contributed by atoms with Gasteiger partial charge in [-0.1, -0.05) is 24.3 Å². The van der Waals surface area contributed by atoms with E-state index in [2.05, 4.69) is 11.9 Å². The lowest BCUT2D eigenvalue weighted by Gasteiger charge is -2.08. The summed E-state index contributed by atoms with van der Waals surface area (Å²) in [5, 5.41) is 3.18. The fraction of sp³-hybridized carbons (Fsp3) is 0.214. The second-order valence-electron chi connectivity index (χ2n) is 4.55. The summed E-state index contributed by atoms with van der Waals surface area (Å²) >= 11 is 0. The van der Waals surface area contributed by atoms with Crippen LogP contribution in [0, 0.1) is 6.92 Å². The number of carbonyl (C=O) groups excluding carboxylic acids is 1. The van der Waals surface area contributed by atoms with Gasteiger partial charge in [0.25, 0.3) is 9.05 Å². The Bertz CT molecular complexity index is 809. The van der Waals surface area contributed by atoms with E-state index in [9.17, 15) is 13.2 Å². The first-order valence-corrected chi connectivity index (χ1v) is 8.57. The molecule has 2 rings (SSSR count). The number of nitrogens with zero attached hydrogens (tertiary/aromatic N) is 1. The van der Waals surface area contributed by atoms with E-state index in [1.165, 1.54) is 0 Å². The monoisotopic (exact) mass is 326 g/mol. The molecular formula is C14H15ClN2O3S. The molecular weight excluding hydrogens is 312 g/mol. The van der Waals surface area contributed by atoms with Gasteiger partial charge in [-0.2, -0.15) is 0 Å². The van der Waals surface area contributed by atoms with Crippen molar-refractivity contribution in [1.82, 2.24) is 9.88 Å². The quantitative estimate of drug-likeness (QED) is 0.676. The van der Waals surface area contributed by atoms with Crippen LogP contribution in [0.5, 0.6) is 0 Å². The van der Waals surface area contributed by atoms with Crippen molar-refractivity contribution in [3.8, 4) is 0 Å². The van der Waals surface area contributed by atoms with Crippen LogP contribution in [0.25, 0.3) is 10.9 Å². The summed E-state index contributed by atoms with van der Waals surface area (Å²) in [5.74, 6) is -0.225. The average Bonchev–Trinajstić information content (AvgIpc) is 2.69. The van der Waals surface area contributed by atoms with Crippen molar-refractivity contribution >= 4 is 36.5 Å². The van der Waals surface area contributed by atoms with Gasteiger partial charge >= 0.3 is 0 Å². The lowest BCUT2D eigenvalue weighted by atomic mass is 10.2. The fourth-order valence-electron chi connectivity index (χ4n) is 2.30. The zero-order valence-electron chi connectivity index (χ0n) is 11.5. The Morgan fingerprint density at radius 3 is 2.71 bits per heavy atom. The number of nitrogens with one attached hydrogen (secondary N) is 1. The van der Waals surface area contributed by atoms with E-state index in [0.29, 0.717) is 23.1 Å². The van der Waals surface area contributed by atoms with Crippen LogP contribution < -0.4 is 5.32 Å². The first-order chi connectivity index (χ1) is 9.86. The molecule has 1 heterocycles. The highest BCUT2D eigenvalue weighted by molar-refractivity contribution is 8.14. The Labute approximate surface area is 127 Å². The molecule has 0 aliphatic rings. The van der Waals surface area contributed by atoms with Gasteiger partial charge in [0.1, 0.15) is 11.4 Å². The summed E-state index contributed by atoms with van der Waals surface area (Å²) in [5.41, 5.74) is 1.10. The maximum Gasteiger partial charge on any atom is 0.263 e. The van der Waals surface area contributed by atoms with Gasteiger partial charge in [-0.3, -0.25) is 4.79 Å². The normalized spacial score (nSPS) is 11.5. The molecule has 0 saturated heterocycles. The predicted octanol–water partition coefficient (Wildman–Crippen LogP) is 2.18. The molecule has 21 heavy (non-hydrogen) atoms. The van der Waals surface area contributed by atoms with Gasteiger partial charge in [0.15, 0.2) is 0 Å². The van der Waals surface area contributed by atoms with Crippen molar-refractivity contribution in [2.24, 2.45) is 0 Å². The molecule has 0 radical (unpaired) electrons. The van der Waals surface area contributed by atoms with Gasteiger partial charge in [0.05, 0.1) is 5.52 Å². The van der Waals surface area contributed by atoms with Crippen LogP contribution in [0.15, 0.2) is 41.8 Å². The molecule has 0 unspecified atom stereocenters. The zero-order valence-corrected chi connectivity index (χ0v) is 13.0. The van der Waals surface area contributed by atoms with Crippen molar-refractivity contribution < 1.29 is 13.2 Å². The number of benzene rings is 1. The second kappa shape index (κ2) is 5.91. The third kappa shape index (κ3) is 3.11. The highest BCUT2D eigenvalue weighted by Gasteiger charge is 2.23. The third-order valence-corrected chi connectivity index (χ3v) is 4.63. The molecule has 1 aromatic heterocycles. The van der Waals surface area contributed by atoms with Crippen LogP contribution in [0.4, 0.5) is 0 Å². The maximum absolute atomic E-state index is 11.9. The molecule has 0 atom stereocenters. The van der Waals surface area contributed by atoms with Crippen LogP contribution >= 0.6 is 10.7 Å². The van der Waals surface area contributed by atoms with E-state index in [0.717, 1.165) is 0 Å². The molecule has 0 aliphatic carbocycles. The average molecular weight is 327 g/mol. The number of aromatic nitrogens is 1. The van der Waals surface area contributed by atoms with E-state index in [4.69, 9.17) is 10.7 Å². The number of rotatable bonds is 5. The Balaban J connectivity index is 2.57. The second-order valence-corrected chi connectivity index (χ2v) is 7.05. The predicted molar refractivity (Wildman–Crippen MR) is 82.9 cm³/mol. The lowest BCUT2D eigenvalue weighted by molar-refractivity contribution is -0.121. The minimum Gasteiger partial charge on any atom is -0.351 e. The standard InChI is InChI=1S/C14H15ClN2O3S/c1-3-8-16-13(18)9-17-10(2)14(21(15,19)20)11-6-4-5-7-12(11)17/h3-7H,1,8-9H2,2H3,(H,16,18). The van der Waals surface area contributed by atoms with Crippen LogP contribution in [0.1, 0.15) is 5.69 Å². The highest BCUT2D eigenvalue weighted by Crippen LogP contribution is 2.31. The van der Waals surface area contributed by atoms with E-state index in [1.54, 1.807) is 41.8 Å². The smallest absolute Gasteiger partial charge is 0.263 e. The van der Waals surface area contributed by atoms with Gasteiger partial charge in [0, 0.05) is 28.3 Å². The van der Waals surface area contributed by atoms with Crippen molar-refractivity contribution in [2.75, 3.05) is 6.54 Å². The van der Waals surface area contributed by atoms with Gasteiger partial charge in [-0.25, -0.2) is 8.42 Å². The summed E-state index contributed by atoms with van der Waals surface area (Å²) in [4.78, 5) is 11.9. The highest BCUT2D eigenvalue weighted by atomic mass is 35.7. The molecule has 1 amide bonds. The Kier molecular flexibility index (Phi) is 4.39. The molecule has 7 heteroatoms. The fourth-order valence-corrected chi connectivity index (χ4v) is 3.78. The van der Waals surface area contributed by atoms with Crippen LogP contribution in [0.2, 0.25) is 0 Å². The van der Waals surface area contributed by atoms with Crippen LogP contribution in [0.3, 0.4) is 0 Å². The van der Waals surface area contributed by atoms with E-state index in [1.807, 2.05) is 0 Å². The molecule has 5 nitrogen and oxygen atoms in total. The molecule has 0 spiro atoms. The molecule has 0 fully saturated rings. The molecule has 1 aromatic carbocycles. The number of amides is 1. The molecule has 2 aromatic rings. The molecule has 1 N–H and O–H groups in total. The minimum atomic E-state index is -3.89. The summed E-state index contributed by atoms with van der Waals surface area (Å²) in [6.45, 7) is 5.54. The number of fused-ring (bicyclic) bond motifs is 1. The number of hydrogen-bond donors (Lipinski definition) is 1. The number of para-hydroxylation sites is 1. The molecule has 0 saturated carbocycles. The van der Waals surface area contributed by atoms with E-state index >= 15 is 0 Å². The van der Waals surface area contributed by atoms with E-state index < -0.39 is 9.05 Å². The largest absolute Gasteiger partial charge is 0.351 e. The van der Waals surface area contributed by atoms with Crippen molar-refractivity contribution in [3.63, 3.8) is 0 Å². The maximum atomic E-state index is 11.9. The molecule has 0 bridgehead atoms. The van der Waals surface area contributed by atoms with Gasteiger partial charge in [-0.15, -0.1) is 6.58 Å². The topological polar surface area (TPSA) is 68.2 Å². The summed E-state index contributed by atoms with van der Waals surface area (Å²) < 4.78 is 25.2. The number of hydrogen-bond acceptors (Lipinski definition) is 3.